The number of benzene rings is 1. The third-order valence-corrected chi connectivity index (χ3v) is 5.78. The molecule has 33 heavy (non-hydrogen) atoms. The van der Waals surface area contributed by atoms with Gasteiger partial charge >= 0.3 is 5.97 Å². The van der Waals surface area contributed by atoms with E-state index in [0.717, 1.165) is 17.7 Å². The highest BCUT2D eigenvalue weighted by Gasteiger charge is 2.29. The fourth-order valence-corrected chi connectivity index (χ4v) is 3.87. The Morgan fingerprint density at radius 3 is 2.61 bits per heavy atom. The quantitative estimate of drug-likeness (QED) is 0.340. The van der Waals surface area contributed by atoms with Gasteiger partial charge < -0.3 is 20.4 Å². The number of phenols is 1. The molecule has 0 unspecified atom stereocenters. The Kier molecular flexibility index (Phi) is 7.17. The van der Waals surface area contributed by atoms with Gasteiger partial charge in [0.05, 0.1) is 13.0 Å². The second kappa shape index (κ2) is 9.70. The lowest BCUT2D eigenvalue weighted by atomic mass is 9.83. The first-order valence-corrected chi connectivity index (χ1v) is 11.2. The number of fused-ring (bicyclic) bond motifs is 1. The Hall–Kier alpha value is -3.26. The van der Waals surface area contributed by atoms with Crippen LogP contribution in [0.25, 0.3) is 0 Å². The van der Waals surface area contributed by atoms with Gasteiger partial charge in [-0.3, -0.25) is 15.0 Å². The number of hydrogen-bond acceptors (Lipinski definition) is 6. The molecule has 1 aliphatic rings. The van der Waals surface area contributed by atoms with Crippen LogP contribution < -0.4 is 5.32 Å². The fraction of sp³-hybridized carbons (Fsp3) is 0.440. The summed E-state index contributed by atoms with van der Waals surface area (Å²) in [5, 5.41) is 31.1. The minimum absolute atomic E-state index is 0.0308. The first-order valence-electron chi connectivity index (χ1n) is 11.2. The van der Waals surface area contributed by atoms with Crippen LogP contribution >= 0.6 is 0 Å². The molecule has 1 aromatic carbocycles. The number of carboxylic acids is 1. The van der Waals surface area contributed by atoms with Gasteiger partial charge in [0.25, 0.3) is 0 Å². The van der Waals surface area contributed by atoms with E-state index in [4.69, 9.17) is 10.5 Å². The number of ketones is 1. The van der Waals surface area contributed by atoms with Gasteiger partial charge in [-0.15, -0.1) is 0 Å². The number of carbonyl (C=O) groups is 2. The van der Waals surface area contributed by atoms with Gasteiger partial charge in [-0.25, -0.2) is 4.98 Å². The molecule has 8 nitrogen and oxygen atoms in total. The maximum absolute atomic E-state index is 13.2. The van der Waals surface area contributed by atoms with E-state index in [9.17, 15) is 14.7 Å². The van der Waals surface area contributed by atoms with Crippen molar-refractivity contribution >= 4 is 17.6 Å². The van der Waals surface area contributed by atoms with Gasteiger partial charge in [0.15, 0.2) is 5.78 Å². The van der Waals surface area contributed by atoms with Crippen LogP contribution in [0.5, 0.6) is 5.75 Å². The fourth-order valence-electron chi connectivity index (χ4n) is 3.87. The summed E-state index contributed by atoms with van der Waals surface area (Å²) in [6.45, 7) is 8.90. The van der Waals surface area contributed by atoms with E-state index in [0.29, 0.717) is 28.9 Å². The molecule has 8 heteroatoms. The van der Waals surface area contributed by atoms with Crippen LogP contribution in [0, 0.1) is 5.41 Å². The zero-order valence-corrected chi connectivity index (χ0v) is 19.7. The Labute approximate surface area is 194 Å². The smallest absolute Gasteiger partial charge is 0.304 e. The van der Waals surface area contributed by atoms with Crippen molar-refractivity contribution in [2.45, 2.75) is 59.0 Å². The van der Waals surface area contributed by atoms with Crippen molar-refractivity contribution in [3.05, 3.63) is 57.9 Å². The standard InChI is InChI=1S/C25H32N4O4/c1-5-18-7-6-15-13-29(24(26)22(15)28-18)14-20(30)16-10-17(12-27-9-8-21(31)32)23(33)19(11-16)25(2,3)4/h6-7,10-11,26-27,33H,5,8-9,12-14H2,1-4H3,(H,31,32). The van der Waals surface area contributed by atoms with Crippen LogP contribution in [-0.2, 0) is 29.7 Å². The molecule has 1 aliphatic heterocycles. The molecule has 0 atom stereocenters. The lowest BCUT2D eigenvalue weighted by Gasteiger charge is -2.24. The molecule has 0 radical (unpaired) electrons. The molecule has 1 aromatic heterocycles. The monoisotopic (exact) mass is 452 g/mol. The molecule has 0 fully saturated rings. The van der Waals surface area contributed by atoms with Gasteiger partial charge in [-0.1, -0.05) is 33.8 Å². The van der Waals surface area contributed by atoms with Crippen molar-refractivity contribution in [1.29, 1.82) is 5.41 Å². The molecule has 3 rings (SSSR count). The van der Waals surface area contributed by atoms with Crippen LogP contribution in [0.2, 0.25) is 0 Å². The van der Waals surface area contributed by atoms with E-state index >= 15 is 0 Å². The average Bonchev–Trinajstić information content (AvgIpc) is 3.05. The summed E-state index contributed by atoms with van der Waals surface area (Å²) >= 11 is 0. The number of hydrogen-bond donors (Lipinski definition) is 4. The van der Waals surface area contributed by atoms with Crippen LogP contribution in [0.1, 0.15) is 72.6 Å². The number of carbonyl (C=O) groups excluding carboxylic acids is 1. The van der Waals surface area contributed by atoms with E-state index in [-0.39, 0.29) is 43.4 Å². The molecule has 4 N–H and O–H groups in total. The second-order valence-corrected chi connectivity index (χ2v) is 9.39. The number of carboxylic acid groups (broad SMARTS) is 1. The molecule has 0 saturated heterocycles. The number of aromatic hydroxyl groups is 1. The van der Waals surface area contributed by atoms with E-state index in [2.05, 4.69) is 10.3 Å². The SMILES string of the molecule is CCc1ccc2c(n1)C(=N)N(CC(=O)c1cc(CNCCC(=O)O)c(O)c(C(C)(C)C)c1)C2. The molecule has 2 heterocycles. The minimum Gasteiger partial charge on any atom is -0.507 e. The second-order valence-electron chi connectivity index (χ2n) is 9.39. The lowest BCUT2D eigenvalue weighted by molar-refractivity contribution is -0.136. The van der Waals surface area contributed by atoms with Gasteiger partial charge in [0.2, 0.25) is 0 Å². The number of nitrogens with zero attached hydrogens (tertiary/aromatic N) is 2. The summed E-state index contributed by atoms with van der Waals surface area (Å²) in [5.74, 6) is -0.695. The van der Waals surface area contributed by atoms with E-state index in [1.54, 1.807) is 17.0 Å². The number of pyridine rings is 1. The summed E-state index contributed by atoms with van der Waals surface area (Å²) in [6.07, 6.45) is 0.753. The zero-order chi connectivity index (χ0) is 24.3. The predicted molar refractivity (Wildman–Crippen MR) is 126 cm³/mol. The van der Waals surface area contributed by atoms with Crippen molar-refractivity contribution in [2.75, 3.05) is 13.1 Å². The summed E-state index contributed by atoms with van der Waals surface area (Å²) in [7, 11) is 0. The number of aryl methyl sites for hydroxylation is 1. The van der Waals surface area contributed by atoms with Crippen LogP contribution in [0.15, 0.2) is 24.3 Å². The highest BCUT2D eigenvalue weighted by Crippen LogP contribution is 2.35. The van der Waals surface area contributed by atoms with E-state index in [1.165, 1.54) is 0 Å². The molecule has 176 valence electrons. The molecule has 0 amide bonds. The molecule has 0 aliphatic carbocycles. The maximum Gasteiger partial charge on any atom is 0.304 e. The molecule has 2 aromatic rings. The number of phenolic OH excluding ortho intramolecular Hbond substituents is 1. The Morgan fingerprint density at radius 2 is 1.97 bits per heavy atom. The normalized spacial score (nSPS) is 13.3. The maximum atomic E-state index is 13.2. The third-order valence-electron chi connectivity index (χ3n) is 5.78. The van der Waals surface area contributed by atoms with Gasteiger partial charge in [-0.05, 0) is 30.0 Å². The zero-order valence-electron chi connectivity index (χ0n) is 19.7. The molecular weight excluding hydrogens is 420 g/mol. The van der Waals surface area contributed by atoms with Crippen molar-refractivity contribution in [1.82, 2.24) is 15.2 Å². The Balaban J connectivity index is 1.82. The molecule has 0 bridgehead atoms. The lowest BCUT2D eigenvalue weighted by Crippen LogP contribution is -2.31. The van der Waals surface area contributed by atoms with Crippen molar-refractivity contribution in [3.63, 3.8) is 0 Å². The summed E-state index contributed by atoms with van der Waals surface area (Å²) in [6, 6.07) is 7.30. The largest absolute Gasteiger partial charge is 0.507 e. The number of rotatable bonds is 9. The number of aliphatic carboxylic acids is 1. The summed E-state index contributed by atoms with van der Waals surface area (Å²) in [5.41, 5.74) is 3.75. The third kappa shape index (κ3) is 5.57. The van der Waals surface area contributed by atoms with Gasteiger partial charge in [0.1, 0.15) is 17.3 Å². The highest BCUT2D eigenvalue weighted by atomic mass is 16.4. The van der Waals surface area contributed by atoms with E-state index < -0.39 is 11.4 Å². The highest BCUT2D eigenvalue weighted by molar-refractivity contribution is 6.04. The van der Waals surface area contributed by atoms with Crippen LogP contribution in [-0.4, -0.2) is 50.8 Å². The summed E-state index contributed by atoms with van der Waals surface area (Å²) < 4.78 is 0. The average molecular weight is 453 g/mol. The molecular formula is C25H32N4O4. The van der Waals surface area contributed by atoms with Crippen molar-refractivity contribution < 1.29 is 19.8 Å². The van der Waals surface area contributed by atoms with Gasteiger partial charge in [-0.2, -0.15) is 0 Å². The molecule has 0 saturated carbocycles. The number of amidine groups is 1. The van der Waals surface area contributed by atoms with Crippen molar-refractivity contribution in [2.24, 2.45) is 0 Å². The van der Waals surface area contributed by atoms with Crippen LogP contribution in [0.3, 0.4) is 0 Å². The first kappa shape index (κ1) is 24.4. The number of nitrogens with one attached hydrogen (secondary N) is 2. The Morgan fingerprint density at radius 1 is 1.24 bits per heavy atom. The van der Waals surface area contributed by atoms with Crippen LogP contribution in [0.4, 0.5) is 0 Å². The van der Waals surface area contributed by atoms with Gasteiger partial charge in [0, 0.05) is 47.6 Å². The summed E-state index contributed by atoms with van der Waals surface area (Å²) in [4.78, 5) is 30.3. The van der Waals surface area contributed by atoms with Crippen molar-refractivity contribution in [3.8, 4) is 5.75 Å². The Bertz CT molecular complexity index is 1090. The number of aromatic nitrogens is 1. The minimum atomic E-state index is -0.902. The molecule has 0 spiro atoms. The topological polar surface area (TPSA) is 127 Å². The van der Waals surface area contributed by atoms with E-state index in [1.807, 2.05) is 39.8 Å². The first-order chi connectivity index (χ1) is 15.5. The number of Topliss-reactive ketones (excluding diaryl/α,β-unsaturated/α-hetero) is 1. The predicted octanol–water partition coefficient (Wildman–Crippen LogP) is 3.24.